The number of fused-ring (bicyclic) bond motifs is 1. The number of nitrogens with two attached hydrogens (primary N) is 1. The second-order valence-electron chi connectivity index (χ2n) is 4.74. The summed E-state index contributed by atoms with van der Waals surface area (Å²) >= 11 is 0. The lowest BCUT2D eigenvalue weighted by Crippen LogP contribution is -2.52. The molecule has 0 radical (unpaired) electrons. The number of rotatable bonds is 9. The fraction of sp³-hybridized carbons (Fsp3) is 1.00. The number of hydrogen-bond acceptors (Lipinski definition) is 6. The van der Waals surface area contributed by atoms with Crippen molar-refractivity contribution in [3.05, 3.63) is 0 Å². The summed E-state index contributed by atoms with van der Waals surface area (Å²) < 4.78 is 21.7. The molecule has 2 rings (SSSR count). The number of ether oxygens (including phenoxy) is 4. The minimum absolute atomic E-state index is 0.303. The van der Waals surface area contributed by atoms with Crippen molar-refractivity contribution in [2.45, 2.75) is 30.6 Å². The van der Waals surface area contributed by atoms with Gasteiger partial charge in [-0.25, -0.2) is 0 Å². The van der Waals surface area contributed by atoms with E-state index in [1.54, 1.807) is 0 Å². The minimum atomic E-state index is -0.498. The molecule has 0 aromatic heterocycles. The van der Waals surface area contributed by atoms with Crippen LogP contribution >= 0.6 is 8.58 Å². The Kier molecular flexibility index (Phi) is 6.94. The Hall–Kier alpha value is 0.190. The maximum atomic E-state index is 9.87. The predicted octanol–water partition coefficient (Wildman–Crippen LogP) is -0.468. The first-order chi connectivity index (χ1) is 9.31. The van der Waals surface area contributed by atoms with Crippen LogP contribution in [0, 0.1) is 0 Å². The monoisotopic (exact) mass is 293 g/mol. The van der Waals surface area contributed by atoms with Gasteiger partial charge in [-0.05, 0) is 12.6 Å². The van der Waals surface area contributed by atoms with Gasteiger partial charge in [-0.1, -0.05) is 0 Å². The van der Waals surface area contributed by atoms with E-state index >= 15 is 0 Å². The van der Waals surface area contributed by atoms with Crippen LogP contribution in [0.4, 0.5) is 0 Å². The molecule has 0 aliphatic carbocycles. The average Bonchev–Trinajstić information content (AvgIpc) is 2.39. The topological polar surface area (TPSA) is 83.2 Å². The van der Waals surface area contributed by atoms with Gasteiger partial charge in [0, 0.05) is 12.2 Å². The number of aliphatic hydroxyl groups excluding tert-OH is 1. The molecule has 0 aromatic rings. The van der Waals surface area contributed by atoms with Gasteiger partial charge in [0.05, 0.1) is 39.1 Å². The zero-order valence-corrected chi connectivity index (χ0v) is 12.1. The van der Waals surface area contributed by atoms with E-state index in [-0.39, 0.29) is 0 Å². The molecule has 5 unspecified atom stereocenters. The maximum absolute atomic E-state index is 9.87. The zero-order chi connectivity index (χ0) is 13.5. The summed E-state index contributed by atoms with van der Waals surface area (Å²) in [6.07, 6.45) is 1.25. The molecular weight excluding hydrogens is 269 g/mol. The Morgan fingerprint density at radius 1 is 1.16 bits per heavy atom. The maximum Gasteiger partial charge on any atom is 0.183 e. The molecule has 5 atom stereocenters. The molecule has 19 heavy (non-hydrogen) atoms. The highest BCUT2D eigenvalue weighted by molar-refractivity contribution is 7.41. The van der Waals surface area contributed by atoms with Crippen molar-refractivity contribution in [3.63, 3.8) is 0 Å². The van der Waals surface area contributed by atoms with Crippen molar-refractivity contribution in [2.24, 2.45) is 5.73 Å². The molecule has 0 spiro atoms. The van der Waals surface area contributed by atoms with Gasteiger partial charge in [0.15, 0.2) is 6.29 Å². The minimum Gasteiger partial charge on any atom is -0.388 e. The third-order valence-corrected chi connectivity index (χ3v) is 5.06. The molecule has 2 aliphatic heterocycles. The van der Waals surface area contributed by atoms with Crippen molar-refractivity contribution >= 4 is 8.58 Å². The average molecular weight is 293 g/mol. The van der Waals surface area contributed by atoms with Gasteiger partial charge in [0.2, 0.25) is 0 Å². The van der Waals surface area contributed by atoms with E-state index in [1.165, 1.54) is 0 Å². The first-order valence-corrected chi connectivity index (χ1v) is 8.14. The largest absolute Gasteiger partial charge is 0.388 e. The molecule has 7 heteroatoms. The Morgan fingerprint density at radius 3 is 2.58 bits per heavy atom. The molecule has 0 amide bonds. The smallest absolute Gasteiger partial charge is 0.183 e. The van der Waals surface area contributed by atoms with E-state index in [1.807, 2.05) is 0 Å². The van der Waals surface area contributed by atoms with Crippen LogP contribution in [-0.2, 0) is 18.9 Å². The molecule has 2 saturated heterocycles. The van der Waals surface area contributed by atoms with Crippen molar-refractivity contribution in [3.8, 4) is 0 Å². The van der Waals surface area contributed by atoms with E-state index in [9.17, 15) is 5.11 Å². The highest BCUT2D eigenvalue weighted by Crippen LogP contribution is 2.44. The molecular formula is C12H24NO5P. The van der Waals surface area contributed by atoms with Crippen molar-refractivity contribution < 1.29 is 24.1 Å². The summed E-state index contributed by atoms with van der Waals surface area (Å²) in [7, 11) is 0.940. The summed E-state index contributed by atoms with van der Waals surface area (Å²) in [6, 6.07) is 0. The van der Waals surface area contributed by atoms with E-state index in [4.69, 9.17) is 24.7 Å². The molecule has 6 nitrogen and oxygen atoms in total. The highest BCUT2D eigenvalue weighted by atomic mass is 31.1. The van der Waals surface area contributed by atoms with Gasteiger partial charge in [-0.2, -0.15) is 0 Å². The van der Waals surface area contributed by atoms with Crippen molar-refractivity contribution in [1.82, 2.24) is 0 Å². The zero-order valence-electron chi connectivity index (χ0n) is 11.1. The molecule has 0 saturated carbocycles. The SMILES string of the molecule is NCCOCCOCCOC1OC2CPC2CC1O. The normalized spacial score (nSPS) is 35.1. The molecule has 2 fully saturated rings. The van der Waals surface area contributed by atoms with Gasteiger partial charge < -0.3 is 29.8 Å². The van der Waals surface area contributed by atoms with Crippen molar-refractivity contribution in [1.29, 1.82) is 0 Å². The van der Waals surface area contributed by atoms with E-state index in [0.29, 0.717) is 51.3 Å². The predicted molar refractivity (Wildman–Crippen MR) is 72.9 cm³/mol. The Morgan fingerprint density at radius 2 is 1.89 bits per heavy atom. The standard InChI is InChI=1S/C12H24NO5P/c13-1-2-15-3-4-16-5-6-17-12-9(14)7-11-10(18-12)8-19-11/h9-12,14,19H,1-8,13H2. The summed E-state index contributed by atoms with van der Waals surface area (Å²) in [4.78, 5) is 0. The molecule has 0 aromatic carbocycles. The van der Waals surface area contributed by atoms with Crippen molar-refractivity contribution in [2.75, 3.05) is 45.7 Å². The van der Waals surface area contributed by atoms with Gasteiger partial charge in [-0.15, -0.1) is 8.58 Å². The van der Waals surface area contributed by atoms with Crippen LogP contribution < -0.4 is 5.73 Å². The van der Waals surface area contributed by atoms with Crippen LogP contribution in [0.2, 0.25) is 0 Å². The highest BCUT2D eigenvalue weighted by Gasteiger charge is 2.42. The molecule has 0 bridgehead atoms. The Bertz CT molecular complexity index is 258. The van der Waals surface area contributed by atoms with Gasteiger partial charge in [0.1, 0.15) is 6.10 Å². The summed E-state index contributed by atoms with van der Waals surface area (Å²) in [5.74, 6) is 0. The Balaban J connectivity index is 1.46. The second kappa shape index (κ2) is 8.47. The molecule has 3 N–H and O–H groups in total. The van der Waals surface area contributed by atoms with Crippen LogP contribution in [0.5, 0.6) is 0 Å². The van der Waals surface area contributed by atoms with Crippen LogP contribution in [0.1, 0.15) is 6.42 Å². The fourth-order valence-corrected chi connectivity index (χ4v) is 3.52. The third-order valence-electron chi connectivity index (χ3n) is 3.29. The van der Waals surface area contributed by atoms with E-state index in [0.717, 1.165) is 21.2 Å². The van der Waals surface area contributed by atoms with Crippen LogP contribution in [0.15, 0.2) is 0 Å². The molecule has 112 valence electrons. The summed E-state index contributed by atoms with van der Waals surface area (Å²) in [5.41, 5.74) is 5.85. The molecule has 2 heterocycles. The second-order valence-corrected chi connectivity index (χ2v) is 6.30. The van der Waals surface area contributed by atoms with Crippen LogP contribution in [0.25, 0.3) is 0 Å². The summed E-state index contributed by atoms with van der Waals surface area (Å²) in [5, 5.41) is 9.87. The van der Waals surface area contributed by atoms with Gasteiger partial charge in [0.25, 0.3) is 0 Å². The fourth-order valence-electron chi connectivity index (χ4n) is 2.17. The number of aliphatic hydroxyl groups is 1. The number of hydrogen-bond donors (Lipinski definition) is 2. The first-order valence-electron chi connectivity index (χ1n) is 6.85. The van der Waals surface area contributed by atoms with Crippen LogP contribution in [-0.4, -0.2) is 75.0 Å². The summed E-state index contributed by atoms with van der Waals surface area (Å²) in [6.45, 7) is 3.08. The lowest BCUT2D eigenvalue weighted by atomic mass is 10.1. The van der Waals surface area contributed by atoms with Gasteiger partial charge >= 0.3 is 0 Å². The van der Waals surface area contributed by atoms with Crippen LogP contribution in [0.3, 0.4) is 0 Å². The Labute approximate surface area is 115 Å². The lowest BCUT2D eigenvalue weighted by molar-refractivity contribution is -0.240. The lowest BCUT2D eigenvalue weighted by Gasteiger charge is -2.45. The quantitative estimate of drug-likeness (QED) is 0.442. The molecule has 2 aliphatic rings. The van der Waals surface area contributed by atoms with Gasteiger partial charge in [-0.3, -0.25) is 0 Å². The first kappa shape index (κ1) is 15.6. The van der Waals surface area contributed by atoms with E-state index in [2.05, 4.69) is 0 Å². The van der Waals surface area contributed by atoms with E-state index < -0.39 is 12.4 Å². The third kappa shape index (κ3) is 4.90.